The third kappa shape index (κ3) is 2.94. The third-order valence-corrected chi connectivity index (χ3v) is 5.93. The fourth-order valence-electron chi connectivity index (χ4n) is 2.54. The Kier molecular flexibility index (Phi) is 4.46. The van der Waals surface area contributed by atoms with Gasteiger partial charge in [-0.05, 0) is 36.6 Å². The summed E-state index contributed by atoms with van der Waals surface area (Å²) in [6, 6.07) is 4.11. The van der Waals surface area contributed by atoms with Crippen molar-refractivity contribution < 1.29 is 17.9 Å². The molecule has 1 aromatic carbocycles. The van der Waals surface area contributed by atoms with Gasteiger partial charge in [-0.25, -0.2) is 8.42 Å². The van der Waals surface area contributed by atoms with Crippen LogP contribution in [0.5, 0.6) is 5.75 Å². The summed E-state index contributed by atoms with van der Waals surface area (Å²) in [6.45, 7) is 3.16. The summed E-state index contributed by atoms with van der Waals surface area (Å²) in [5.74, 6) is -0.484. The fraction of sp³-hybridized carbons (Fsp3) is 0.500. The molecule has 0 aliphatic carbocycles. The predicted octanol–water partition coefficient (Wildman–Crippen LogP) is 0.154. The second-order valence-electron chi connectivity index (χ2n) is 5.83. The monoisotopic (exact) mass is 327 g/mol. The molecule has 1 fully saturated rings. The van der Waals surface area contributed by atoms with Crippen molar-refractivity contribution >= 4 is 15.9 Å². The highest BCUT2D eigenvalue weighted by molar-refractivity contribution is 7.89. The standard InChI is InChI=1S/C14H21N3O4S/c1-14(8-15)5-6-17(9-14)22(19,20)10-3-4-12(21-2)11(7-10)13(16)18/h3-4,7H,5-6,8-9,15H2,1-2H3,(H2,16,18). The van der Waals surface area contributed by atoms with Crippen LogP contribution in [0, 0.1) is 5.41 Å². The molecule has 0 spiro atoms. The summed E-state index contributed by atoms with van der Waals surface area (Å²) in [6.07, 6.45) is 0.710. The van der Waals surface area contributed by atoms with Crippen molar-refractivity contribution in [2.24, 2.45) is 16.9 Å². The Hall–Kier alpha value is -1.64. The highest BCUT2D eigenvalue weighted by Gasteiger charge is 2.39. The van der Waals surface area contributed by atoms with Gasteiger partial charge >= 0.3 is 0 Å². The Labute approximate surface area is 130 Å². The predicted molar refractivity (Wildman–Crippen MR) is 82.0 cm³/mol. The molecular formula is C14H21N3O4S. The van der Waals surface area contributed by atoms with Crippen LogP contribution in [-0.2, 0) is 10.0 Å². The second-order valence-corrected chi connectivity index (χ2v) is 7.77. The average Bonchev–Trinajstić information content (AvgIpc) is 2.90. The zero-order valence-electron chi connectivity index (χ0n) is 12.7. The Balaban J connectivity index is 2.39. The number of methoxy groups -OCH3 is 1. The second kappa shape index (κ2) is 5.86. The van der Waals surface area contributed by atoms with Crippen LogP contribution < -0.4 is 16.2 Å². The number of nitrogens with zero attached hydrogens (tertiary/aromatic N) is 1. The van der Waals surface area contributed by atoms with E-state index in [2.05, 4.69) is 0 Å². The SMILES string of the molecule is COc1ccc(S(=O)(=O)N2CCC(C)(CN)C2)cc1C(N)=O. The van der Waals surface area contributed by atoms with Gasteiger partial charge in [-0.2, -0.15) is 4.31 Å². The molecular weight excluding hydrogens is 306 g/mol. The average molecular weight is 327 g/mol. The highest BCUT2D eigenvalue weighted by Crippen LogP contribution is 2.33. The van der Waals surface area contributed by atoms with E-state index in [1.54, 1.807) is 0 Å². The number of nitrogens with two attached hydrogens (primary N) is 2. The molecule has 1 aromatic rings. The first-order valence-electron chi connectivity index (χ1n) is 6.91. The zero-order chi connectivity index (χ0) is 16.5. The molecule has 8 heteroatoms. The molecule has 1 atom stereocenters. The number of carbonyl (C=O) groups excluding carboxylic acids is 1. The minimum atomic E-state index is -3.69. The van der Waals surface area contributed by atoms with Gasteiger partial charge in [0.15, 0.2) is 0 Å². The maximum atomic E-state index is 12.7. The summed E-state index contributed by atoms with van der Waals surface area (Å²) in [5, 5.41) is 0. The van der Waals surface area contributed by atoms with Crippen LogP contribution in [0.2, 0.25) is 0 Å². The Morgan fingerprint density at radius 2 is 2.14 bits per heavy atom. The first-order valence-corrected chi connectivity index (χ1v) is 8.35. The summed E-state index contributed by atoms with van der Waals surface area (Å²) in [4.78, 5) is 11.5. The van der Waals surface area contributed by atoms with Crippen LogP contribution >= 0.6 is 0 Å². The smallest absolute Gasteiger partial charge is 0.252 e. The molecule has 0 radical (unpaired) electrons. The zero-order valence-corrected chi connectivity index (χ0v) is 13.5. The van der Waals surface area contributed by atoms with Crippen molar-refractivity contribution in [1.29, 1.82) is 0 Å². The summed E-state index contributed by atoms with van der Waals surface area (Å²) in [7, 11) is -2.29. The van der Waals surface area contributed by atoms with Crippen LogP contribution in [0.25, 0.3) is 0 Å². The number of primary amides is 1. The van der Waals surface area contributed by atoms with Crippen molar-refractivity contribution in [3.8, 4) is 5.75 Å². The number of amides is 1. The lowest BCUT2D eigenvalue weighted by atomic mass is 9.90. The van der Waals surface area contributed by atoms with Gasteiger partial charge in [-0.15, -0.1) is 0 Å². The van der Waals surface area contributed by atoms with E-state index in [0.29, 0.717) is 26.1 Å². The van der Waals surface area contributed by atoms with Crippen LogP contribution in [0.1, 0.15) is 23.7 Å². The number of carbonyl (C=O) groups is 1. The molecule has 1 amide bonds. The maximum absolute atomic E-state index is 12.7. The van der Waals surface area contributed by atoms with Crippen molar-refractivity contribution in [3.63, 3.8) is 0 Å². The number of ether oxygens (including phenoxy) is 1. The minimum Gasteiger partial charge on any atom is -0.496 e. The van der Waals surface area contributed by atoms with Gasteiger partial charge < -0.3 is 16.2 Å². The topological polar surface area (TPSA) is 116 Å². The number of sulfonamides is 1. The normalized spacial score (nSPS) is 22.7. The van der Waals surface area contributed by atoms with Crippen LogP contribution in [-0.4, -0.2) is 45.4 Å². The summed E-state index contributed by atoms with van der Waals surface area (Å²) < 4.78 is 31.8. The van der Waals surface area contributed by atoms with E-state index < -0.39 is 15.9 Å². The molecule has 7 nitrogen and oxygen atoms in total. The molecule has 0 saturated carbocycles. The maximum Gasteiger partial charge on any atom is 0.252 e. The number of rotatable bonds is 5. The van der Waals surface area contributed by atoms with Gasteiger partial charge in [-0.3, -0.25) is 4.79 Å². The van der Waals surface area contributed by atoms with Crippen LogP contribution in [0.3, 0.4) is 0 Å². The molecule has 1 aliphatic rings. The van der Waals surface area contributed by atoms with Crippen LogP contribution in [0.15, 0.2) is 23.1 Å². The van der Waals surface area contributed by atoms with Crippen molar-refractivity contribution in [2.75, 3.05) is 26.7 Å². The molecule has 4 N–H and O–H groups in total. The molecule has 122 valence electrons. The third-order valence-electron chi connectivity index (χ3n) is 4.09. The lowest BCUT2D eigenvalue weighted by molar-refractivity contribution is 0.0997. The van der Waals surface area contributed by atoms with Crippen molar-refractivity contribution in [2.45, 2.75) is 18.2 Å². The molecule has 2 rings (SSSR count). The van der Waals surface area contributed by atoms with Gasteiger partial charge in [0.2, 0.25) is 10.0 Å². The van der Waals surface area contributed by atoms with Gasteiger partial charge in [0.25, 0.3) is 5.91 Å². The molecule has 0 bridgehead atoms. The number of hydrogen-bond donors (Lipinski definition) is 2. The molecule has 1 saturated heterocycles. The Morgan fingerprint density at radius 1 is 1.45 bits per heavy atom. The first-order chi connectivity index (χ1) is 10.2. The molecule has 1 unspecified atom stereocenters. The van der Waals surface area contributed by atoms with E-state index in [0.717, 1.165) is 0 Å². The van der Waals surface area contributed by atoms with E-state index in [9.17, 15) is 13.2 Å². The van der Waals surface area contributed by atoms with Gasteiger partial charge in [0.1, 0.15) is 5.75 Å². The van der Waals surface area contributed by atoms with E-state index in [1.165, 1.54) is 29.6 Å². The van der Waals surface area contributed by atoms with E-state index in [4.69, 9.17) is 16.2 Å². The molecule has 22 heavy (non-hydrogen) atoms. The molecule has 1 aliphatic heterocycles. The minimum absolute atomic E-state index is 0.0309. The van der Waals surface area contributed by atoms with Crippen LogP contribution in [0.4, 0.5) is 0 Å². The number of hydrogen-bond acceptors (Lipinski definition) is 5. The van der Waals surface area contributed by atoms with Gasteiger partial charge in [-0.1, -0.05) is 6.92 Å². The van der Waals surface area contributed by atoms with E-state index in [1.807, 2.05) is 6.92 Å². The first kappa shape index (κ1) is 16.7. The summed E-state index contributed by atoms with van der Waals surface area (Å²) in [5.41, 5.74) is 10.8. The molecule has 0 aromatic heterocycles. The lowest BCUT2D eigenvalue weighted by Crippen LogP contribution is -2.34. The molecule has 1 heterocycles. The van der Waals surface area contributed by atoms with E-state index in [-0.39, 0.29) is 21.6 Å². The van der Waals surface area contributed by atoms with Crippen molar-refractivity contribution in [1.82, 2.24) is 4.31 Å². The Morgan fingerprint density at radius 3 is 2.64 bits per heavy atom. The summed E-state index contributed by atoms with van der Waals surface area (Å²) >= 11 is 0. The van der Waals surface area contributed by atoms with Gasteiger partial charge in [0, 0.05) is 13.1 Å². The Bertz CT molecular complexity index is 689. The lowest BCUT2D eigenvalue weighted by Gasteiger charge is -2.22. The fourth-order valence-corrected chi connectivity index (χ4v) is 4.16. The highest BCUT2D eigenvalue weighted by atomic mass is 32.2. The number of benzene rings is 1. The van der Waals surface area contributed by atoms with Crippen molar-refractivity contribution in [3.05, 3.63) is 23.8 Å². The van der Waals surface area contributed by atoms with E-state index >= 15 is 0 Å². The van der Waals surface area contributed by atoms with Gasteiger partial charge in [0.05, 0.1) is 17.6 Å². The largest absolute Gasteiger partial charge is 0.496 e. The quantitative estimate of drug-likeness (QED) is 0.799.